The van der Waals surface area contributed by atoms with E-state index < -0.39 is 0 Å². The first-order valence-electron chi connectivity index (χ1n) is 12.4. The lowest BCUT2D eigenvalue weighted by Gasteiger charge is -2.11. The van der Waals surface area contributed by atoms with Crippen molar-refractivity contribution in [2.45, 2.75) is 0 Å². The topological polar surface area (TPSA) is 9.86 Å². The quantitative estimate of drug-likeness (QED) is 0.244. The predicted octanol–water partition coefficient (Wildman–Crippen LogP) is 9.03. The maximum atomic E-state index is 2.42. The standard InChI is InChI=1S/C34H22N2/c1-3-11-24(12-4-1)35-31-17-9-8-16-27(31)30-21-23-19-20-28-26-15-7-10-18-32(26)36(25-13-5-2-6-14-25)34(28)29(23)22-33(30)35/h1-22H. The van der Waals surface area contributed by atoms with Crippen molar-refractivity contribution in [3.8, 4) is 11.4 Å². The molecule has 8 rings (SSSR count). The van der Waals surface area contributed by atoms with E-state index in [-0.39, 0.29) is 0 Å². The molecule has 6 aromatic carbocycles. The minimum atomic E-state index is 1.18. The Balaban J connectivity index is 1.61. The summed E-state index contributed by atoms with van der Waals surface area (Å²) in [5.41, 5.74) is 7.31. The molecular weight excluding hydrogens is 436 g/mol. The average Bonchev–Trinajstić information content (AvgIpc) is 3.46. The van der Waals surface area contributed by atoms with E-state index in [1.54, 1.807) is 0 Å². The SMILES string of the molecule is c1ccc(-n2c3ccccc3c3cc4ccc5c6ccccc6n(-c6ccccc6)c5c4cc32)cc1. The molecule has 0 aliphatic rings. The summed E-state index contributed by atoms with van der Waals surface area (Å²) in [5, 5.41) is 7.64. The van der Waals surface area contributed by atoms with Gasteiger partial charge in [0.1, 0.15) is 0 Å². The van der Waals surface area contributed by atoms with Crippen LogP contribution >= 0.6 is 0 Å². The van der Waals surface area contributed by atoms with Gasteiger partial charge in [-0.25, -0.2) is 0 Å². The van der Waals surface area contributed by atoms with Gasteiger partial charge in [0.25, 0.3) is 0 Å². The molecule has 2 heteroatoms. The maximum absolute atomic E-state index is 2.42. The lowest BCUT2D eigenvalue weighted by atomic mass is 10.0. The van der Waals surface area contributed by atoms with Gasteiger partial charge in [-0.15, -0.1) is 0 Å². The minimum absolute atomic E-state index is 1.18. The zero-order valence-electron chi connectivity index (χ0n) is 19.6. The Morgan fingerprint density at radius 2 is 0.889 bits per heavy atom. The third kappa shape index (κ3) is 2.61. The van der Waals surface area contributed by atoms with Crippen LogP contribution < -0.4 is 0 Å². The summed E-state index contributed by atoms with van der Waals surface area (Å²) in [6.07, 6.45) is 0. The summed E-state index contributed by atoms with van der Waals surface area (Å²) in [5.74, 6) is 0. The van der Waals surface area contributed by atoms with E-state index in [1.807, 2.05) is 0 Å². The number of nitrogens with zero attached hydrogens (tertiary/aromatic N) is 2. The van der Waals surface area contributed by atoms with Gasteiger partial charge < -0.3 is 9.13 Å². The number of hydrogen-bond donors (Lipinski definition) is 0. The smallest absolute Gasteiger partial charge is 0.0620 e. The van der Waals surface area contributed by atoms with E-state index in [4.69, 9.17) is 0 Å². The lowest BCUT2D eigenvalue weighted by Crippen LogP contribution is -1.95. The zero-order chi connectivity index (χ0) is 23.6. The lowest BCUT2D eigenvalue weighted by molar-refractivity contribution is 1.18. The fourth-order valence-corrected chi connectivity index (χ4v) is 5.95. The van der Waals surface area contributed by atoms with E-state index in [9.17, 15) is 0 Å². The van der Waals surface area contributed by atoms with E-state index in [1.165, 1.54) is 65.8 Å². The highest BCUT2D eigenvalue weighted by Crippen LogP contribution is 2.40. The van der Waals surface area contributed by atoms with Crippen LogP contribution in [-0.2, 0) is 0 Å². The highest BCUT2D eigenvalue weighted by atomic mass is 15.0. The van der Waals surface area contributed by atoms with Gasteiger partial charge in [-0.1, -0.05) is 84.9 Å². The predicted molar refractivity (Wildman–Crippen MR) is 153 cm³/mol. The summed E-state index contributed by atoms with van der Waals surface area (Å²) < 4.78 is 4.83. The molecule has 0 aliphatic heterocycles. The van der Waals surface area contributed by atoms with Crippen molar-refractivity contribution in [1.29, 1.82) is 0 Å². The van der Waals surface area contributed by atoms with E-state index in [2.05, 4.69) is 143 Å². The maximum Gasteiger partial charge on any atom is 0.0620 e. The highest BCUT2D eigenvalue weighted by molar-refractivity contribution is 6.22. The van der Waals surface area contributed by atoms with Crippen LogP contribution in [0.2, 0.25) is 0 Å². The second kappa shape index (κ2) is 7.34. The van der Waals surface area contributed by atoms with Crippen LogP contribution in [0.4, 0.5) is 0 Å². The molecular formula is C34H22N2. The summed E-state index contributed by atoms with van der Waals surface area (Å²) in [7, 11) is 0. The number of para-hydroxylation sites is 4. The Labute approximate surface area is 208 Å². The van der Waals surface area contributed by atoms with Crippen LogP contribution in [0.15, 0.2) is 133 Å². The van der Waals surface area contributed by atoms with E-state index in [0.29, 0.717) is 0 Å². The first kappa shape index (κ1) is 19.5. The van der Waals surface area contributed by atoms with E-state index in [0.717, 1.165) is 0 Å². The summed E-state index contributed by atoms with van der Waals surface area (Å²) in [4.78, 5) is 0. The van der Waals surface area contributed by atoms with Crippen LogP contribution in [0.3, 0.4) is 0 Å². The van der Waals surface area contributed by atoms with Gasteiger partial charge in [-0.3, -0.25) is 0 Å². The largest absolute Gasteiger partial charge is 0.309 e. The van der Waals surface area contributed by atoms with Gasteiger partial charge in [0.05, 0.1) is 22.1 Å². The third-order valence-corrected chi connectivity index (χ3v) is 7.47. The Morgan fingerprint density at radius 3 is 1.58 bits per heavy atom. The van der Waals surface area contributed by atoms with Gasteiger partial charge >= 0.3 is 0 Å². The van der Waals surface area contributed by atoms with Gasteiger partial charge in [-0.05, 0) is 53.9 Å². The van der Waals surface area contributed by atoms with Gasteiger partial charge in [0.2, 0.25) is 0 Å². The average molecular weight is 459 g/mol. The van der Waals surface area contributed by atoms with Gasteiger partial charge in [0, 0.05) is 38.3 Å². The molecule has 2 heterocycles. The summed E-state index contributed by atoms with van der Waals surface area (Å²) in [6.45, 7) is 0. The molecule has 0 amide bonds. The normalized spacial score (nSPS) is 11.9. The Kier molecular flexibility index (Phi) is 3.97. The third-order valence-electron chi connectivity index (χ3n) is 7.47. The van der Waals surface area contributed by atoms with Crippen LogP contribution in [0, 0.1) is 0 Å². The first-order chi connectivity index (χ1) is 17.9. The first-order valence-corrected chi connectivity index (χ1v) is 12.4. The van der Waals surface area contributed by atoms with Gasteiger partial charge in [-0.2, -0.15) is 0 Å². The number of benzene rings is 6. The van der Waals surface area contributed by atoms with Crippen LogP contribution in [0.1, 0.15) is 0 Å². The van der Waals surface area contributed by atoms with Crippen molar-refractivity contribution in [2.75, 3.05) is 0 Å². The van der Waals surface area contributed by atoms with Crippen LogP contribution in [-0.4, -0.2) is 9.13 Å². The Morgan fingerprint density at radius 1 is 0.333 bits per heavy atom. The molecule has 0 N–H and O–H groups in total. The molecule has 0 bridgehead atoms. The molecule has 0 radical (unpaired) electrons. The molecule has 36 heavy (non-hydrogen) atoms. The molecule has 0 saturated carbocycles. The number of fused-ring (bicyclic) bond motifs is 8. The second-order valence-corrected chi connectivity index (χ2v) is 9.43. The van der Waals surface area contributed by atoms with Crippen LogP contribution in [0.25, 0.3) is 65.8 Å². The summed E-state index contributed by atoms with van der Waals surface area (Å²) in [6, 6.07) is 48.2. The number of hydrogen-bond acceptors (Lipinski definition) is 0. The molecule has 0 atom stereocenters. The van der Waals surface area contributed by atoms with Gasteiger partial charge in [0.15, 0.2) is 0 Å². The Bertz CT molecular complexity index is 2070. The summed E-state index contributed by atoms with van der Waals surface area (Å²) >= 11 is 0. The molecule has 0 fully saturated rings. The molecule has 0 unspecified atom stereocenters. The zero-order valence-corrected chi connectivity index (χ0v) is 19.6. The second-order valence-electron chi connectivity index (χ2n) is 9.43. The molecule has 2 nitrogen and oxygen atoms in total. The highest BCUT2D eigenvalue weighted by Gasteiger charge is 2.18. The molecule has 8 aromatic rings. The number of rotatable bonds is 2. The van der Waals surface area contributed by atoms with Crippen molar-refractivity contribution in [3.05, 3.63) is 133 Å². The fraction of sp³-hybridized carbons (Fsp3) is 0. The Hall–Kier alpha value is -4.82. The number of aromatic nitrogens is 2. The molecule has 0 aliphatic carbocycles. The monoisotopic (exact) mass is 458 g/mol. The van der Waals surface area contributed by atoms with Crippen molar-refractivity contribution in [3.63, 3.8) is 0 Å². The molecule has 2 aromatic heterocycles. The van der Waals surface area contributed by atoms with E-state index >= 15 is 0 Å². The molecule has 0 spiro atoms. The van der Waals surface area contributed by atoms with Crippen molar-refractivity contribution < 1.29 is 0 Å². The fourth-order valence-electron chi connectivity index (χ4n) is 5.95. The van der Waals surface area contributed by atoms with Crippen molar-refractivity contribution >= 4 is 54.4 Å². The van der Waals surface area contributed by atoms with Crippen molar-refractivity contribution in [2.24, 2.45) is 0 Å². The molecule has 168 valence electrons. The van der Waals surface area contributed by atoms with Crippen LogP contribution in [0.5, 0.6) is 0 Å². The minimum Gasteiger partial charge on any atom is -0.309 e. The molecule has 0 saturated heterocycles. The van der Waals surface area contributed by atoms with Crippen molar-refractivity contribution in [1.82, 2.24) is 9.13 Å².